The number of esters is 1. The number of hydrogen-bond acceptors (Lipinski definition) is 6. The van der Waals surface area contributed by atoms with Gasteiger partial charge in [-0.15, -0.1) is 0 Å². The fraction of sp³-hybridized carbons (Fsp3) is 0.231. The molecule has 34 heavy (non-hydrogen) atoms. The molecule has 3 N–H and O–H groups in total. The number of pyridine rings is 1. The van der Waals surface area contributed by atoms with Gasteiger partial charge in [-0.05, 0) is 59.2 Å². The molecule has 0 saturated heterocycles. The summed E-state index contributed by atoms with van der Waals surface area (Å²) in [6, 6.07) is 11.6. The van der Waals surface area contributed by atoms with Gasteiger partial charge in [0.1, 0.15) is 5.82 Å². The van der Waals surface area contributed by atoms with Gasteiger partial charge >= 0.3 is 5.97 Å². The first-order valence-corrected chi connectivity index (χ1v) is 10.9. The highest BCUT2D eigenvalue weighted by Gasteiger charge is 2.13. The predicted molar refractivity (Wildman–Crippen MR) is 130 cm³/mol. The number of carbonyl (C=O) groups is 2. The molecule has 8 heteroatoms. The number of aromatic nitrogens is 3. The van der Waals surface area contributed by atoms with Crippen molar-refractivity contribution in [2.45, 2.75) is 33.4 Å². The zero-order valence-electron chi connectivity index (χ0n) is 19.5. The standard InChI is InChI=1S/C26H27N5O3/c1-16-10-22-21(8-9-28-25(22)27)17(2)23(16)13-29-26(33)20-12-30-31(15-20)14-19-6-4-18(5-7-19)11-24(32)34-3/h4-10,12,15H,11,13-14H2,1-3H3,(H2,27,28)(H,29,33). The minimum atomic E-state index is -0.273. The monoisotopic (exact) mass is 457 g/mol. The lowest BCUT2D eigenvalue weighted by atomic mass is 9.96. The Morgan fingerprint density at radius 2 is 1.82 bits per heavy atom. The third kappa shape index (κ3) is 4.91. The van der Waals surface area contributed by atoms with E-state index in [0.717, 1.165) is 38.6 Å². The smallest absolute Gasteiger partial charge is 0.309 e. The number of benzene rings is 2. The molecule has 0 fully saturated rings. The summed E-state index contributed by atoms with van der Waals surface area (Å²) in [6.07, 6.45) is 5.23. The Bertz CT molecular complexity index is 1360. The summed E-state index contributed by atoms with van der Waals surface area (Å²) in [4.78, 5) is 28.3. The molecule has 4 rings (SSSR count). The predicted octanol–water partition coefficient (Wildman–Crippen LogP) is 3.32. The molecule has 174 valence electrons. The van der Waals surface area contributed by atoms with E-state index < -0.39 is 0 Å². The highest BCUT2D eigenvalue weighted by molar-refractivity contribution is 5.95. The Labute approximate surface area is 197 Å². The van der Waals surface area contributed by atoms with E-state index in [2.05, 4.69) is 15.4 Å². The van der Waals surface area contributed by atoms with Crippen molar-refractivity contribution in [3.05, 3.63) is 88.4 Å². The third-order valence-corrected chi connectivity index (χ3v) is 5.98. The van der Waals surface area contributed by atoms with Crippen LogP contribution in [0.25, 0.3) is 10.8 Å². The average Bonchev–Trinajstić information content (AvgIpc) is 3.29. The lowest BCUT2D eigenvalue weighted by molar-refractivity contribution is -0.139. The van der Waals surface area contributed by atoms with Gasteiger partial charge in [0.25, 0.3) is 5.91 Å². The summed E-state index contributed by atoms with van der Waals surface area (Å²) in [5.74, 6) is 0.0447. The van der Waals surface area contributed by atoms with Crippen LogP contribution >= 0.6 is 0 Å². The van der Waals surface area contributed by atoms with Gasteiger partial charge < -0.3 is 15.8 Å². The first kappa shape index (κ1) is 23.0. The molecular weight excluding hydrogens is 430 g/mol. The van der Waals surface area contributed by atoms with Crippen LogP contribution in [0.5, 0.6) is 0 Å². The number of fused-ring (bicyclic) bond motifs is 1. The van der Waals surface area contributed by atoms with E-state index in [1.54, 1.807) is 23.3 Å². The van der Waals surface area contributed by atoms with Gasteiger partial charge in [-0.3, -0.25) is 14.3 Å². The van der Waals surface area contributed by atoms with Crippen LogP contribution in [0.15, 0.2) is 55.0 Å². The Kier molecular flexibility index (Phi) is 6.58. The lowest BCUT2D eigenvalue weighted by Gasteiger charge is -2.14. The topological polar surface area (TPSA) is 112 Å². The molecule has 0 atom stereocenters. The van der Waals surface area contributed by atoms with Crippen LogP contribution in [-0.2, 0) is 29.0 Å². The number of anilines is 1. The number of nitrogens with two attached hydrogens (primary N) is 1. The number of rotatable bonds is 7. The van der Waals surface area contributed by atoms with Gasteiger partial charge in [-0.1, -0.05) is 24.3 Å². The zero-order valence-corrected chi connectivity index (χ0v) is 19.5. The maximum absolute atomic E-state index is 12.8. The fourth-order valence-corrected chi connectivity index (χ4v) is 4.03. The lowest BCUT2D eigenvalue weighted by Crippen LogP contribution is -2.23. The van der Waals surface area contributed by atoms with Crippen LogP contribution in [0.1, 0.15) is 38.2 Å². The van der Waals surface area contributed by atoms with Crippen LogP contribution in [-0.4, -0.2) is 33.8 Å². The molecule has 0 aliphatic heterocycles. The van der Waals surface area contributed by atoms with Gasteiger partial charge in [0, 0.05) is 24.3 Å². The highest BCUT2D eigenvalue weighted by atomic mass is 16.5. The maximum Gasteiger partial charge on any atom is 0.309 e. The zero-order chi connectivity index (χ0) is 24.2. The summed E-state index contributed by atoms with van der Waals surface area (Å²) in [7, 11) is 1.38. The largest absolute Gasteiger partial charge is 0.469 e. The molecule has 2 aromatic carbocycles. The van der Waals surface area contributed by atoms with Crippen molar-refractivity contribution >= 4 is 28.5 Å². The Morgan fingerprint density at radius 3 is 2.56 bits per heavy atom. The minimum Gasteiger partial charge on any atom is -0.469 e. The molecular formula is C26H27N5O3. The van der Waals surface area contributed by atoms with E-state index in [9.17, 15) is 9.59 Å². The van der Waals surface area contributed by atoms with Gasteiger partial charge in [0.15, 0.2) is 0 Å². The van der Waals surface area contributed by atoms with Crippen molar-refractivity contribution in [1.82, 2.24) is 20.1 Å². The average molecular weight is 458 g/mol. The highest BCUT2D eigenvalue weighted by Crippen LogP contribution is 2.27. The molecule has 4 aromatic rings. The number of nitrogens with one attached hydrogen (secondary N) is 1. The number of aryl methyl sites for hydroxylation is 2. The van der Waals surface area contributed by atoms with Crippen molar-refractivity contribution in [1.29, 1.82) is 0 Å². The van der Waals surface area contributed by atoms with Crippen LogP contribution in [0.4, 0.5) is 5.82 Å². The van der Waals surface area contributed by atoms with E-state index >= 15 is 0 Å². The molecule has 0 bridgehead atoms. The molecule has 0 saturated carbocycles. The number of methoxy groups -OCH3 is 1. The molecule has 8 nitrogen and oxygen atoms in total. The molecule has 1 amide bonds. The molecule has 0 aliphatic rings. The third-order valence-electron chi connectivity index (χ3n) is 5.98. The Morgan fingerprint density at radius 1 is 1.09 bits per heavy atom. The van der Waals surface area contributed by atoms with Gasteiger partial charge in [0.2, 0.25) is 0 Å². The molecule has 2 heterocycles. The van der Waals surface area contributed by atoms with Gasteiger partial charge in [0.05, 0.1) is 31.8 Å². The van der Waals surface area contributed by atoms with Crippen molar-refractivity contribution < 1.29 is 14.3 Å². The molecule has 0 aliphatic carbocycles. The van der Waals surface area contributed by atoms with E-state index in [4.69, 9.17) is 10.5 Å². The number of nitrogen functional groups attached to an aromatic ring is 1. The quantitative estimate of drug-likeness (QED) is 0.412. The molecule has 0 spiro atoms. The summed E-state index contributed by atoms with van der Waals surface area (Å²) < 4.78 is 6.41. The SMILES string of the molecule is COC(=O)Cc1ccc(Cn2cc(C(=O)NCc3c(C)cc4c(N)nccc4c3C)cn2)cc1. The van der Waals surface area contributed by atoms with Gasteiger partial charge in [-0.2, -0.15) is 5.10 Å². The summed E-state index contributed by atoms with van der Waals surface area (Å²) in [5, 5.41) is 9.28. The van der Waals surface area contributed by atoms with Crippen molar-refractivity contribution in [2.75, 3.05) is 12.8 Å². The van der Waals surface area contributed by atoms with E-state index in [1.165, 1.54) is 7.11 Å². The second-order valence-electron chi connectivity index (χ2n) is 8.27. The van der Waals surface area contributed by atoms with Crippen molar-refractivity contribution in [3.8, 4) is 0 Å². The molecule has 0 unspecified atom stereocenters. The Hall–Kier alpha value is -4.20. The van der Waals surface area contributed by atoms with Crippen LogP contribution in [0.2, 0.25) is 0 Å². The van der Waals surface area contributed by atoms with Crippen molar-refractivity contribution in [2.24, 2.45) is 0 Å². The number of nitrogens with zero attached hydrogens (tertiary/aromatic N) is 3. The fourth-order valence-electron chi connectivity index (χ4n) is 4.03. The molecule has 2 aromatic heterocycles. The number of carbonyl (C=O) groups excluding carboxylic acids is 2. The number of ether oxygens (including phenoxy) is 1. The first-order valence-electron chi connectivity index (χ1n) is 10.9. The van der Waals surface area contributed by atoms with E-state index in [0.29, 0.717) is 24.5 Å². The number of amides is 1. The van der Waals surface area contributed by atoms with E-state index in [1.807, 2.05) is 50.2 Å². The summed E-state index contributed by atoms with van der Waals surface area (Å²) >= 11 is 0. The van der Waals surface area contributed by atoms with Crippen molar-refractivity contribution in [3.63, 3.8) is 0 Å². The first-order chi connectivity index (χ1) is 16.4. The van der Waals surface area contributed by atoms with Crippen LogP contribution in [0.3, 0.4) is 0 Å². The van der Waals surface area contributed by atoms with Gasteiger partial charge in [-0.25, -0.2) is 4.98 Å². The Balaban J connectivity index is 1.41. The number of hydrogen-bond donors (Lipinski definition) is 2. The summed E-state index contributed by atoms with van der Waals surface area (Å²) in [5.41, 5.74) is 11.6. The van der Waals surface area contributed by atoms with Crippen LogP contribution < -0.4 is 11.1 Å². The van der Waals surface area contributed by atoms with E-state index in [-0.39, 0.29) is 18.3 Å². The minimum absolute atomic E-state index is 0.187. The summed E-state index contributed by atoms with van der Waals surface area (Å²) in [6.45, 7) is 4.96. The van der Waals surface area contributed by atoms with Crippen LogP contribution in [0, 0.1) is 13.8 Å². The second-order valence-corrected chi connectivity index (χ2v) is 8.27. The second kappa shape index (κ2) is 9.74. The molecule has 0 radical (unpaired) electrons. The maximum atomic E-state index is 12.8. The normalized spacial score (nSPS) is 10.9.